The Labute approximate surface area is 124 Å². The SMILES string of the molecule is Cc1nn(C)c(Cl)c1/C=C/C(=O)NCC(O)CC(C)C. The maximum atomic E-state index is 11.7. The van der Waals surface area contributed by atoms with Crippen LogP contribution in [0.3, 0.4) is 0 Å². The van der Waals surface area contributed by atoms with Crippen molar-refractivity contribution in [2.24, 2.45) is 13.0 Å². The number of aryl methyl sites for hydroxylation is 2. The van der Waals surface area contributed by atoms with Gasteiger partial charge in [0.15, 0.2) is 0 Å². The highest BCUT2D eigenvalue weighted by Crippen LogP contribution is 2.19. The Morgan fingerprint density at radius 2 is 2.20 bits per heavy atom. The molecule has 0 fully saturated rings. The standard InChI is InChI=1S/C14H22ClN3O2/c1-9(2)7-11(19)8-16-13(20)6-5-12-10(3)17-18(4)14(12)15/h5-6,9,11,19H,7-8H2,1-4H3,(H,16,20)/b6-5+. The second kappa shape index (κ2) is 7.45. The van der Waals surface area contributed by atoms with Gasteiger partial charge in [0.2, 0.25) is 5.91 Å². The van der Waals surface area contributed by atoms with Crippen molar-refractivity contribution in [3.63, 3.8) is 0 Å². The lowest BCUT2D eigenvalue weighted by Gasteiger charge is -2.12. The molecule has 0 aromatic carbocycles. The number of halogens is 1. The zero-order chi connectivity index (χ0) is 15.3. The number of nitrogens with zero attached hydrogens (tertiary/aromatic N) is 2. The molecule has 6 heteroatoms. The van der Waals surface area contributed by atoms with Crippen LogP contribution in [0.25, 0.3) is 6.08 Å². The summed E-state index contributed by atoms with van der Waals surface area (Å²) in [6.07, 6.45) is 3.18. The molecule has 1 unspecified atom stereocenters. The Morgan fingerprint density at radius 3 is 2.70 bits per heavy atom. The molecule has 0 saturated heterocycles. The van der Waals surface area contributed by atoms with Gasteiger partial charge in [-0.1, -0.05) is 25.4 Å². The van der Waals surface area contributed by atoms with Crippen LogP contribution in [0.15, 0.2) is 6.08 Å². The van der Waals surface area contributed by atoms with Crippen molar-refractivity contribution in [1.82, 2.24) is 15.1 Å². The normalized spacial score (nSPS) is 13.2. The van der Waals surface area contributed by atoms with E-state index in [1.54, 1.807) is 17.8 Å². The van der Waals surface area contributed by atoms with Gasteiger partial charge in [-0.05, 0) is 25.3 Å². The van der Waals surface area contributed by atoms with Crippen LogP contribution < -0.4 is 5.32 Å². The molecule has 0 bridgehead atoms. The van der Waals surface area contributed by atoms with Gasteiger partial charge in [-0.25, -0.2) is 0 Å². The summed E-state index contributed by atoms with van der Waals surface area (Å²) in [5.74, 6) is 0.140. The van der Waals surface area contributed by atoms with E-state index in [9.17, 15) is 9.90 Å². The minimum atomic E-state index is -0.518. The van der Waals surface area contributed by atoms with Gasteiger partial charge in [0.25, 0.3) is 0 Å². The van der Waals surface area contributed by atoms with Gasteiger partial charge in [0, 0.05) is 25.2 Å². The maximum absolute atomic E-state index is 11.7. The summed E-state index contributed by atoms with van der Waals surface area (Å²) in [7, 11) is 1.75. The monoisotopic (exact) mass is 299 g/mol. The summed E-state index contributed by atoms with van der Waals surface area (Å²) in [6, 6.07) is 0. The molecule has 1 heterocycles. The molecule has 1 rings (SSSR count). The Hall–Kier alpha value is -1.33. The number of aromatic nitrogens is 2. The molecule has 1 amide bonds. The lowest BCUT2D eigenvalue weighted by atomic mass is 10.1. The number of carbonyl (C=O) groups excluding carboxylic acids is 1. The molecule has 0 aliphatic carbocycles. The van der Waals surface area contributed by atoms with E-state index in [0.717, 1.165) is 11.3 Å². The lowest BCUT2D eigenvalue weighted by molar-refractivity contribution is -0.116. The minimum Gasteiger partial charge on any atom is -0.391 e. The predicted molar refractivity (Wildman–Crippen MR) is 80.5 cm³/mol. The van der Waals surface area contributed by atoms with E-state index >= 15 is 0 Å². The zero-order valence-corrected chi connectivity index (χ0v) is 13.1. The number of aliphatic hydroxyl groups excluding tert-OH is 1. The van der Waals surface area contributed by atoms with Crippen LogP contribution in [-0.2, 0) is 11.8 Å². The zero-order valence-electron chi connectivity index (χ0n) is 12.4. The Bertz CT molecular complexity index is 495. The van der Waals surface area contributed by atoms with E-state index in [4.69, 9.17) is 11.6 Å². The van der Waals surface area contributed by atoms with Gasteiger partial charge >= 0.3 is 0 Å². The fourth-order valence-electron chi connectivity index (χ4n) is 1.90. The Morgan fingerprint density at radius 1 is 1.55 bits per heavy atom. The third-order valence-corrected chi connectivity index (χ3v) is 3.30. The molecule has 1 atom stereocenters. The van der Waals surface area contributed by atoms with Gasteiger partial charge in [-0.15, -0.1) is 0 Å². The molecular formula is C14H22ClN3O2. The van der Waals surface area contributed by atoms with Gasteiger partial charge in [-0.3, -0.25) is 9.48 Å². The van der Waals surface area contributed by atoms with Crippen molar-refractivity contribution >= 4 is 23.6 Å². The van der Waals surface area contributed by atoms with Crippen molar-refractivity contribution in [3.8, 4) is 0 Å². The number of amides is 1. The van der Waals surface area contributed by atoms with Crippen LogP contribution in [0, 0.1) is 12.8 Å². The first-order valence-electron chi connectivity index (χ1n) is 6.64. The number of nitrogens with one attached hydrogen (secondary N) is 1. The van der Waals surface area contributed by atoms with E-state index in [1.165, 1.54) is 6.08 Å². The van der Waals surface area contributed by atoms with Crippen LogP contribution in [0.4, 0.5) is 0 Å². The molecular weight excluding hydrogens is 278 g/mol. The fraction of sp³-hybridized carbons (Fsp3) is 0.571. The van der Waals surface area contributed by atoms with Crippen LogP contribution in [0.1, 0.15) is 31.5 Å². The van der Waals surface area contributed by atoms with Crippen molar-refractivity contribution in [2.75, 3.05) is 6.54 Å². The largest absolute Gasteiger partial charge is 0.391 e. The van der Waals surface area contributed by atoms with E-state index in [0.29, 0.717) is 17.5 Å². The van der Waals surface area contributed by atoms with Crippen molar-refractivity contribution in [2.45, 2.75) is 33.3 Å². The average molecular weight is 300 g/mol. The van der Waals surface area contributed by atoms with Gasteiger partial charge in [0.1, 0.15) is 5.15 Å². The van der Waals surface area contributed by atoms with Crippen molar-refractivity contribution in [3.05, 3.63) is 22.5 Å². The van der Waals surface area contributed by atoms with E-state index < -0.39 is 6.10 Å². The number of rotatable bonds is 6. The summed E-state index contributed by atoms with van der Waals surface area (Å²) < 4.78 is 1.56. The van der Waals surface area contributed by atoms with Crippen molar-refractivity contribution < 1.29 is 9.90 Å². The second-order valence-corrected chi connectivity index (χ2v) is 5.63. The summed E-state index contributed by atoms with van der Waals surface area (Å²) >= 11 is 6.06. The molecule has 5 nitrogen and oxygen atoms in total. The van der Waals surface area contributed by atoms with E-state index in [2.05, 4.69) is 10.4 Å². The minimum absolute atomic E-state index is 0.251. The first kappa shape index (κ1) is 16.7. The first-order chi connectivity index (χ1) is 9.31. The van der Waals surface area contributed by atoms with Crippen LogP contribution in [0.2, 0.25) is 5.15 Å². The summed E-state index contributed by atoms with van der Waals surface area (Å²) in [5, 5.41) is 17.0. The molecule has 112 valence electrons. The lowest BCUT2D eigenvalue weighted by Crippen LogP contribution is -2.31. The van der Waals surface area contributed by atoms with Gasteiger partial charge in [-0.2, -0.15) is 5.10 Å². The Balaban J connectivity index is 2.52. The fourth-order valence-corrected chi connectivity index (χ4v) is 2.14. The quantitative estimate of drug-likeness (QED) is 0.789. The number of carbonyl (C=O) groups is 1. The predicted octanol–water partition coefficient (Wildman–Crippen LogP) is 1.92. The third-order valence-electron chi connectivity index (χ3n) is 2.85. The molecule has 2 N–H and O–H groups in total. The smallest absolute Gasteiger partial charge is 0.244 e. The van der Waals surface area contributed by atoms with Crippen LogP contribution in [-0.4, -0.2) is 33.4 Å². The molecule has 1 aromatic heterocycles. The van der Waals surface area contributed by atoms with E-state index in [-0.39, 0.29) is 12.5 Å². The number of hydrogen-bond donors (Lipinski definition) is 2. The van der Waals surface area contributed by atoms with E-state index in [1.807, 2.05) is 20.8 Å². The average Bonchev–Trinajstić information content (AvgIpc) is 2.58. The number of hydrogen-bond acceptors (Lipinski definition) is 3. The highest BCUT2D eigenvalue weighted by molar-refractivity contribution is 6.31. The summed E-state index contributed by atoms with van der Waals surface area (Å²) in [4.78, 5) is 11.7. The molecule has 0 aliphatic rings. The molecule has 0 saturated carbocycles. The van der Waals surface area contributed by atoms with Gasteiger partial charge in [0.05, 0.1) is 11.8 Å². The summed E-state index contributed by atoms with van der Waals surface area (Å²) in [5.41, 5.74) is 1.49. The maximum Gasteiger partial charge on any atom is 0.244 e. The highest BCUT2D eigenvalue weighted by atomic mass is 35.5. The third kappa shape index (κ3) is 4.98. The van der Waals surface area contributed by atoms with Crippen LogP contribution >= 0.6 is 11.6 Å². The molecule has 0 radical (unpaired) electrons. The topological polar surface area (TPSA) is 67.2 Å². The molecule has 0 aliphatic heterocycles. The summed E-state index contributed by atoms with van der Waals surface area (Å²) in [6.45, 7) is 6.13. The molecule has 1 aromatic rings. The van der Waals surface area contributed by atoms with Gasteiger partial charge < -0.3 is 10.4 Å². The van der Waals surface area contributed by atoms with Crippen LogP contribution in [0.5, 0.6) is 0 Å². The second-order valence-electron chi connectivity index (χ2n) is 5.28. The van der Waals surface area contributed by atoms with Crippen molar-refractivity contribution in [1.29, 1.82) is 0 Å². The highest BCUT2D eigenvalue weighted by Gasteiger charge is 2.10. The molecule has 0 spiro atoms. The first-order valence-corrected chi connectivity index (χ1v) is 7.02. The number of aliphatic hydroxyl groups is 1. The Kier molecular flexibility index (Phi) is 6.23. The molecule has 20 heavy (non-hydrogen) atoms.